The minimum atomic E-state index is -0.324. The first-order valence-electron chi connectivity index (χ1n) is 8.89. The molecule has 1 aromatic rings. The molecule has 1 heterocycles. The number of carbonyl (C=O) groups excluding carboxylic acids is 2. The van der Waals surface area contributed by atoms with E-state index in [1.54, 1.807) is 4.90 Å². The Hall–Kier alpha value is -1.88. The Morgan fingerprint density at radius 2 is 1.88 bits per heavy atom. The van der Waals surface area contributed by atoms with Gasteiger partial charge in [0, 0.05) is 26.2 Å². The van der Waals surface area contributed by atoms with Gasteiger partial charge in [0.25, 0.3) is 0 Å². The monoisotopic (exact) mass is 329 g/mol. The number of hydrogen-bond acceptors (Lipinski definition) is 3. The Morgan fingerprint density at radius 3 is 2.62 bits per heavy atom. The molecule has 0 unspecified atom stereocenters. The van der Waals surface area contributed by atoms with Gasteiger partial charge < -0.3 is 15.5 Å². The molecule has 1 fully saturated rings. The van der Waals surface area contributed by atoms with E-state index in [0.717, 1.165) is 24.9 Å². The molecular formula is C19H27N3O2. The van der Waals surface area contributed by atoms with Crippen molar-refractivity contribution in [3.8, 4) is 0 Å². The fourth-order valence-electron chi connectivity index (χ4n) is 3.76. The highest BCUT2D eigenvalue weighted by Crippen LogP contribution is 2.22. The molecule has 5 nitrogen and oxygen atoms in total. The number of nitrogens with zero attached hydrogens (tertiary/aromatic N) is 2. The van der Waals surface area contributed by atoms with Crippen molar-refractivity contribution in [2.24, 2.45) is 11.7 Å². The fourth-order valence-corrected chi connectivity index (χ4v) is 3.76. The van der Waals surface area contributed by atoms with E-state index in [-0.39, 0.29) is 17.7 Å². The Morgan fingerprint density at radius 1 is 1.12 bits per heavy atom. The van der Waals surface area contributed by atoms with Crippen LogP contribution in [-0.4, -0.2) is 54.8 Å². The van der Waals surface area contributed by atoms with Gasteiger partial charge in [-0.2, -0.15) is 0 Å². The van der Waals surface area contributed by atoms with Gasteiger partial charge in [0.1, 0.15) is 0 Å². The van der Waals surface area contributed by atoms with Crippen LogP contribution in [0.1, 0.15) is 29.5 Å². The number of primary amides is 1. The Bertz CT molecular complexity index is 629. The molecule has 0 spiro atoms. The van der Waals surface area contributed by atoms with Gasteiger partial charge in [0.2, 0.25) is 11.8 Å². The predicted octanol–water partition coefficient (Wildman–Crippen LogP) is 0.983. The lowest BCUT2D eigenvalue weighted by Gasteiger charge is -2.23. The van der Waals surface area contributed by atoms with E-state index in [9.17, 15) is 9.59 Å². The molecule has 0 radical (unpaired) electrons. The molecule has 1 saturated heterocycles. The van der Waals surface area contributed by atoms with E-state index >= 15 is 0 Å². The normalized spacial score (nSPS) is 21.9. The summed E-state index contributed by atoms with van der Waals surface area (Å²) in [6.07, 6.45) is 5.19. The van der Waals surface area contributed by atoms with Gasteiger partial charge in [0.05, 0.1) is 12.3 Å². The minimum absolute atomic E-state index is 0.0901. The third-order valence-corrected chi connectivity index (χ3v) is 5.25. The first-order valence-corrected chi connectivity index (χ1v) is 8.89. The van der Waals surface area contributed by atoms with Crippen molar-refractivity contribution in [1.82, 2.24) is 9.80 Å². The molecule has 1 atom stereocenters. The van der Waals surface area contributed by atoms with Crippen molar-refractivity contribution in [3.05, 3.63) is 34.9 Å². The molecule has 0 bridgehead atoms. The van der Waals surface area contributed by atoms with Crippen LogP contribution in [0.4, 0.5) is 0 Å². The molecule has 1 aliphatic carbocycles. The van der Waals surface area contributed by atoms with Crippen LogP contribution in [0, 0.1) is 5.92 Å². The van der Waals surface area contributed by atoms with Gasteiger partial charge in [-0.3, -0.25) is 9.59 Å². The summed E-state index contributed by atoms with van der Waals surface area (Å²) in [5, 5.41) is 0. The lowest BCUT2D eigenvalue weighted by molar-refractivity contribution is -0.131. The van der Waals surface area contributed by atoms with Crippen molar-refractivity contribution in [1.29, 1.82) is 0 Å². The fraction of sp³-hybridized carbons (Fsp3) is 0.579. The quantitative estimate of drug-likeness (QED) is 0.899. The highest BCUT2D eigenvalue weighted by atomic mass is 16.2. The van der Waals surface area contributed by atoms with Gasteiger partial charge in [-0.15, -0.1) is 0 Å². The minimum Gasteiger partial charge on any atom is -0.369 e. The summed E-state index contributed by atoms with van der Waals surface area (Å²) >= 11 is 0. The second-order valence-electron chi connectivity index (χ2n) is 7.19. The Balaban J connectivity index is 1.68. The summed E-state index contributed by atoms with van der Waals surface area (Å²) < 4.78 is 0. The van der Waals surface area contributed by atoms with Crippen LogP contribution in [0.25, 0.3) is 0 Å². The molecule has 0 aromatic heterocycles. The van der Waals surface area contributed by atoms with E-state index in [2.05, 4.69) is 23.1 Å². The zero-order valence-electron chi connectivity index (χ0n) is 14.5. The Labute approximate surface area is 143 Å². The lowest BCUT2D eigenvalue weighted by Crippen LogP contribution is -2.40. The van der Waals surface area contributed by atoms with Crippen LogP contribution in [0.3, 0.4) is 0 Å². The highest BCUT2D eigenvalue weighted by molar-refractivity contribution is 5.81. The summed E-state index contributed by atoms with van der Waals surface area (Å²) in [5.74, 6) is -0.521. The van der Waals surface area contributed by atoms with Crippen molar-refractivity contribution in [2.75, 3.05) is 33.2 Å². The summed E-state index contributed by atoms with van der Waals surface area (Å²) in [7, 11) is 1.97. The molecular weight excluding hydrogens is 302 g/mol. The van der Waals surface area contributed by atoms with Crippen molar-refractivity contribution in [3.63, 3.8) is 0 Å². The molecule has 3 rings (SSSR count). The molecule has 130 valence electrons. The number of carbonyl (C=O) groups is 2. The third kappa shape index (κ3) is 3.96. The first kappa shape index (κ1) is 17.0. The molecule has 2 N–H and O–H groups in total. The number of likely N-dealkylation sites (N-methyl/N-ethyl adjacent to an activating group) is 1. The number of benzene rings is 1. The first-order chi connectivity index (χ1) is 11.5. The van der Waals surface area contributed by atoms with Crippen LogP contribution in [0.15, 0.2) is 18.2 Å². The Kier molecular flexibility index (Phi) is 5.19. The van der Waals surface area contributed by atoms with Crippen LogP contribution < -0.4 is 5.73 Å². The van der Waals surface area contributed by atoms with Crippen molar-refractivity contribution >= 4 is 11.8 Å². The van der Waals surface area contributed by atoms with Gasteiger partial charge >= 0.3 is 0 Å². The van der Waals surface area contributed by atoms with E-state index in [0.29, 0.717) is 26.1 Å². The second kappa shape index (κ2) is 7.34. The number of hydrogen-bond donors (Lipinski definition) is 1. The molecule has 24 heavy (non-hydrogen) atoms. The maximum absolute atomic E-state index is 12.7. The topological polar surface area (TPSA) is 66.6 Å². The van der Waals surface area contributed by atoms with Crippen LogP contribution in [-0.2, 0) is 28.9 Å². The largest absolute Gasteiger partial charge is 0.369 e. The number of rotatable bonds is 3. The number of amides is 2. The number of fused-ring (bicyclic) bond motifs is 1. The van der Waals surface area contributed by atoms with E-state index in [4.69, 9.17) is 5.73 Å². The van der Waals surface area contributed by atoms with Crippen LogP contribution >= 0.6 is 0 Å². The van der Waals surface area contributed by atoms with Crippen LogP contribution in [0.2, 0.25) is 0 Å². The van der Waals surface area contributed by atoms with Crippen molar-refractivity contribution in [2.45, 2.75) is 32.1 Å². The average molecular weight is 329 g/mol. The summed E-state index contributed by atoms with van der Waals surface area (Å²) in [5.41, 5.74) is 9.40. The lowest BCUT2D eigenvalue weighted by atomic mass is 9.90. The molecule has 0 saturated carbocycles. The molecule has 1 aromatic carbocycles. The molecule has 2 aliphatic rings. The standard InChI is InChI=1S/C19H27N3O2/c1-21-8-9-22(13-17(12-21)19(20)24)18(23)11-14-6-7-15-4-2-3-5-16(15)10-14/h6-7,10,17H,2-5,8-9,11-13H2,1H3,(H2,20,24)/t17-/m1/s1. The molecule has 2 amide bonds. The summed E-state index contributed by atoms with van der Waals surface area (Å²) in [6.45, 7) is 2.49. The van der Waals surface area contributed by atoms with E-state index < -0.39 is 0 Å². The second-order valence-corrected chi connectivity index (χ2v) is 7.19. The van der Waals surface area contributed by atoms with Gasteiger partial charge in [-0.1, -0.05) is 18.2 Å². The maximum Gasteiger partial charge on any atom is 0.227 e. The van der Waals surface area contributed by atoms with Crippen LogP contribution in [0.5, 0.6) is 0 Å². The van der Waals surface area contributed by atoms with Gasteiger partial charge in [-0.05, 0) is 49.4 Å². The number of nitrogens with two attached hydrogens (primary N) is 1. The van der Waals surface area contributed by atoms with Gasteiger partial charge in [0.15, 0.2) is 0 Å². The summed E-state index contributed by atoms with van der Waals surface area (Å²) in [4.78, 5) is 28.2. The van der Waals surface area contributed by atoms with E-state index in [1.165, 1.54) is 24.0 Å². The highest BCUT2D eigenvalue weighted by Gasteiger charge is 2.27. The average Bonchev–Trinajstić information content (AvgIpc) is 2.77. The van der Waals surface area contributed by atoms with E-state index in [1.807, 2.05) is 7.05 Å². The third-order valence-electron chi connectivity index (χ3n) is 5.25. The zero-order valence-corrected chi connectivity index (χ0v) is 14.5. The maximum atomic E-state index is 12.7. The zero-order chi connectivity index (χ0) is 17.1. The van der Waals surface area contributed by atoms with Gasteiger partial charge in [-0.25, -0.2) is 0 Å². The molecule has 5 heteroatoms. The van der Waals surface area contributed by atoms with Crippen molar-refractivity contribution < 1.29 is 9.59 Å². The number of aryl methyl sites for hydroxylation is 2. The SMILES string of the molecule is CN1CCN(C(=O)Cc2ccc3c(c2)CCCC3)C[C@H](C(N)=O)C1. The predicted molar refractivity (Wildman–Crippen MR) is 93.5 cm³/mol. The summed E-state index contributed by atoms with van der Waals surface area (Å²) in [6, 6.07) is 6.46. The molecule has 1 aliphatic heterocycles. The smallest absolute Gasteiger partial charge is 0.227 e.